The maximum absolute atomic E-state index is 11.7. The molecule has 1 aromatic carbocycles. The third-order valence-electron chi connectivity index (χ3n) is 3.73. The Balaban J connectivity index is 1.29. The predicted molar refractivity (Wildman–Crippen MR) is 79.9 cm³/mol. The smallest absolute Gasteiger partial charge is 0.407 e. The lowest BCUT2D eigenvalue weighted by Crippen LogP contribution is -2.52. The lowest BCUT2D eigenvalue weighted by Gasteiger charge is -2.35. The van der Waals surface area contributed by atoms with Crippen LogP contribution in [0.4, 0.5) is 4.79 Å². The molecule has 0 spiro atoms. The minimum absolute atomic E-state index is 0.176. The summed E-state index contributed by atoms with van der Waals surface area (Å²) in [6, 6.07) is 12.0. The van der Waals surface area contributed by atoms with E-state index in [1.54, 1.807) is 6.20 Å². The van der Waals surface area contributed by atoms with Gasteiger partial charge < -0.3 is 19.9 Å². The fraction of sp³-hybridized carbons (Fsp3) is 0.375. The monoisotopic (exact) mass is 301 g/mol. The molecule has 0 unspecified atom stereocenters. The van der Waals surface area contributed by atoms with Crippen LogP contribution in [0.15, 0.2) is 47.1 Å². The molecule has 1 aromatic heterocycles. The Morgan fingerprint density at radius 1 is 1.23 bits per heavy atom. The Hall–Kier alpha value is -2.34. The molecule has 1 fully saturated rings. The van der Waals surface area contributed by atoms with Crippen molar-refractivity contribution in [2.75, 3.05) is 0 Å². The molecular weight excluding hydrogens is 282 g/mol. The van der Waals surface area contributed by atoms with Crippen molar-refractivity contribution < 1.29 is 14.1 Å². The van der Waals surface area contributed by atoms with Gasteiger partial charge in [-0.25, -0.2) is 4.79 Å². The first kappa shape index (κ1) is 14.6. The van der Waals surface area contributed by atoms with Crippen LogP contribution in [0.3, 0.4) is 0 Å². The number of ether oxygens (including phenoxy) is 1. The van der Waals surface area contributed by atoms with Crippen LogP contribution in [0.25, 0.3) is 0 Å². The van der Waals surface area contributed by atoms with Crippen molar-refractivity contribution in [2.24, 2.45) is 0 Å². The second-order valence-corrected chi connectivity index (χ2v) is 5.43. The predicted octanol–water partition coefficient (Wildman–Crippen LogP) is 2.22. The number of rotatable bonds is 6. The van der Waals surface area contributed by atoms with Gasteiger partial charge in [-0.3, -0.25) is 0 Å². The fourth-order valence-corrected chi connectivity index (χ4v) is 2.41. The van der Waals surface area contributed by atoms with E-state index in [-0.39, 0.29) is 12.1 Å². The number of nitrogens with zero attached hydrogens (tertiary/aromatic N) is 1. The van der Waals surface area contributed by atoms with Crippen LogP contribution < -0.4 is 10.6 Å². The summed E-state index contributed by atoms with van der Waals surface area (Å²) >= 11 is 0. The summed E-state index contributed by atoms with van der Waals surface area (Å²) in [6.07, 6.45) is 3.07. The average molecular weight is 301 g/mol. The van der Waals surface area contributed by atoms with Gasteiger partial charge in [-0.1, -0.05) is 35.5 Å². The molecule has 0 bridgehead atoms. The van der Waals surface area contributed by atoms with Crippen molar-refractivity contribution in [1.82, 2.24) is 15.8 Å². The SMILES string of the molecule is O=C(NC1CC(NCc2ccno2)C1)OCc1ccccc1. The normalized spacial score (nSPS) is 20.2. The molecule has 6 nitrogen and oxygen atoms in total. The molecule has 2 N–H and O–H groups in total. The molecule has 2 aromatic rings. The second kappa shape index (κ2) is 7.09. The highest BCUT2D eigenvalue weighted by atomic mass is 16.5. The number of carbonyl (C=O) groups excluding carboxylic acids is 1. The lowest BCUT2D eigenvalue weighted by molar-refractivity contribution is 0.125. The van der Waals surface area contributed by atoms with E-state index in [1.165, 1.54) is 0 Å². The fourth-order valence-electron chi connectivity index (χ4n) is 2.41. The number of amides is 1. The third-order valence-corrected chi connectivity index (χ3v) is 3.73. The van der Waals surface area contributed by atoms with Crippen LogP contribution in [0, 0.1) is 0 Å². The zero-order valence-electron chi connectivity index (χ0n) is 12.2. The Labute approximate surface area is 128 Å². The Morgan fingerprint density at radius 3 is 2.77 bits per heavy atom. The number of aromatic nitrogens is 1. The number of carbonyl (C=O) groups is 1. The van der Waals surface area contributed by atoms with Crippen LogP contribution in [0.2, 0.25) is 0 Å². The topological polar surface area (TPSA) is 76.4 Å². The average Bonchev–Trinajstić information content (AvgIpc) is 3.01. The minimum Gasteiger partial charge on any atom is -0.445 e. The van der Waals surface area contributed by atoms with Crippen molar-refractivity contribution >= 4 is 6.09 Å². The van der Waals surface area contributed by atoms with E-state index in [0.717, 1.165) is 24.2 Å². The maximum atomic E-state index is 11.7. The van der Waals surface area contributed by atoms with E-state index in [9.17, 15) is 4.79 Å². The van der Waals surface area contributed by atoms with E-state index in [0.29, 0.717) is 19.2 Å². The van der Waals surface area contributed by atoms with Crippen LogP contribution >= 0.6 is 0 Å². The van der Waals surface area contributed by atoms with Crippen molar-refractivity contribution in [3.8, 4) is 0 Å². The van der Waals surface area contributed by atoms with Gasteiger partial charge in [0, 0.05) is 18.2 Å². The molecule has 0 radical (unpaired) electrons. The van der Waals surface area contributed by atoms with Gasteiger partial charge in [-0.05, 0) is 18.4 Å². The Morgan fingerprint density at radius 2 is 2.05 bits per heavy atom. The lowest BCUT2D eigenvalue weighted by atomic mass is 9.87. The molecule has 6 heteroatoms. The zero-order chi connectivity index (χ0) is 15.2. The van der Waals surface area contributed by atoms with E-state index in [1.807, 2.05) is 36.4 Å². The summed E-state index contributed by atoms with van der Waals surface area (Å²) in [5.41, 5.74) is 0.984. The number of hydrogen-bond acceptors (Lipinski definition) is 5. The molecule has 1 heterocycles. The van der Waals surface area contributed by atoms with E-state index >= 15 is 0 Å². The molecule has 116 valence electrons. The molecule has 3 rings (SSSR count). The van der Waals surface area contributed by atoms with Gasteiger partial charge in [0.2, 0.25) is 0 Å². The van der Waals surface area contributed by atoms with Crippen LogP contribution in [0.1, 0.15) is 24.2 Å². The van der Waals surface area contributed by atoms with Crippen LogP contribution in [-0.4, -0.2) is 23.3 Å². The number of hydrogen-bond donors (Lipinski definition) is 2. The summed E-state index contributed by atoms with van der Waals surface area (Å²) in [7, 11) is 0. The first-order chi connectivity index (χ1) is 10.8. The molecule has 1 aliphatic carbocycles. The standard InChI is InChI=1S/C16H19N3O3/c20-16(21-11-12-4-2-1-3-5-12)19-14-8-13(9-14)17-10-15-6-7-18-22-15/h1-7,13-14,17H,8-11H2,(H,19,20). The van der Waals surface area contributed by atoms with Gasteiger partial charge in [0.05, 0.1) is 12.7 Å². The van der Waals surface area contributed by atoms with E-state index in [2.05, 4.69) is 15.8 Å². The summed E-state index contributed by atoms with van der Waals surface area (Å²) in [5, 5.41) is 9.88. The summed E-state index contributed by atoms with van der Waals surface area (Å²) in [5.74, 6) is 0.818. The first-order valence-electron chi connectivity index (χ1n) is 7.40. The van der Waals surface area contributed by atoms with Gasteiger partial charge in [0.25, 0.3) is 0 Å². The minimum atomic E-state index is -0.359. The van der Waals surface area contributed by atoms with Gasteiger partial charge in [-0.15, -0.1) is 0 Å². The maximum Gasteiger partial charge on any atom is 0.407 e. The number of alkyl carbamates (subject to hydrolysis) is 1. The molecule has 22 heavy (non-hydrogen) atoms. The van der Waals surface area contributed by atoms with Crippen LogP contribution in [-0.2, 0) is 17.9 Å². The van der Waals surface area contributed by atoms with Crippen LogP contribution in [0.5, 0.6) is 0 Å². The highest BCUT2D eigenvalue weighted by molar-refractivity contribution is 5.67. The Kier molecular flexibility index (Phi) is 4.70. The number of nitrogens with one attached hydrogen (secondary N) is 2. The largest absolute Gasteiger partial charge is 0.445 e. The van der Waals surface area contributed by atoms with Crippen molar-refractivity contribution in [3.05, 3.63) is 53.9 Å². The first-order valence-corrected chi connectivity index (χ1v) is 7.40. The summed E-state index contributed by atoms with van der Waals surface area (Å²) < 4.78 is 10.2. The van der Waals surface area contributed by atoms with Gasteiger partial charge in [0.15, 0.2) is 0 Å². The number of benzene rings is 1. The molecule has 0 aliphatic heterocycles. The molecule has 1 aliphatic rings. The quantitative estimate of drug-likeness (QED) is 0.855. The zero-order valence-corrected chi connectivity index (χ0v) is 12.2. The highest BCUT2D eigenvalue weighted by Crippen LogP contribution is 2.20. The Bertz CT molecular complexity index is 580. The van der Waals surface area contributed by atoms with E-state index < -0.39 is 0 Å². The van der Waals surface area contributed by atoms with Crippen molar-refractivity contribution in [2.45, 2.75) is 38.1 Å². The molecular formula is C16H19N3O3. The van der Waals surface area contributed by atoms with Gasteiger partial charge in [0.1, 0.15) is 12.4 Å². The molecule has 1 amide bonds. The van der Waals surface area contributed by atoms with Gasteiger partial charge in [-0.2, -0.15) is 0 Å². The van der Waals surface area contributed by atoms with E-state index in [4.69, 9.17) is 9.26 Å². The molecule has 0 atom stereocenters. The van der Waals surface area contributed by atoms with Crippen molar-refractivity contribution in [3.63, 3.8) is 0 Å². The molecule has 1 saturated carbocycles. The summed E-state index contributed by atoms with van der Waals surface area (Å²) in [6.45, 7) is 0.961. The summed E-state index contributed by atoms with van der Waals surface area (Å²) in [4.78, 5) is 11.7. The van der Waals surface area contributed by atoms with Gasteiger partial charge >= 0.3 is 6.09 Å². The second-order valence-electron chi connectivity index (χ2n) is 5.43. The molecule has 0 saturated heterocycles. The highest BCUT2D eigenvalue weighted by Gasteiger charge is 2.30. The van der Waals surface area contributed by atoms with Crippen molar-refractivity contribution in [1.29, 1.82) is 0 Å². The third kappa shape index (κ3) is 4.08.